The first-order valence-electron chi connectivity index (χ1n) is 12.7. The lowest BCUT2D eigenvalue weighted by Crippen LogP contribution is -2.46. The summed E-state index contributed by atoms with van der Waals surface area (Å²) in [7, 11) is -0.405. The molecule has 4 rings (SSSR count). The molecule has 0 saturated heterocycles. The predicted octanol–water partition coefficient (Wildman–Crippen LogP) is 3.63. The Morgan fingerprint density at radius 3 is 2.15 bits per heavy atom. The van der Waals surface area contributed by atoms with E-state index in [1.807, 2.05) is 0 Å². The number of hydrogen-bond donors (Lipinski definition) is 1. The van der Waals surface area contributed by atoms with Gasteiger partial charge in [0.15, 0.2) is 9.84 Å². The summed E-state index contributed by atoms with van der Waals surface area (Å²) in [5.41, 5.74) is 1.79. The molecule has 0 bridgehead atoms. The average molecular weight is 566 g/mol. The van der Waals surface area contributed by atoms with Crippen LogP contribution in [0.3, 0.4) is 0 Å². The Hall–Kier alpha value is -3.89. The number of sulfone groups is 1. The number of carbonyl (C=O) groups excluding carboxylic acids is 2. The average Bonchev–Trinajstić information content (AvgIpc) is 3.27. The summed E-state index contributed by atoms with van der Waals surface area (Å²) in [5.74, 6) is -2.89. The fourth-order valence-corrected chi connectivity index (χ4v) is 5.84. The van der Waals surface area contributed by atoms with Crippen molar-refractivity contribution in [2.45, 2.75) is 38.0 Å². The van der Waals surface area contributed by atoms with Gasteiger partial charge in [-0.1, -0.05) is 36.4 Å². The van der Waals surface area contributed by atoms with Gasteiger partial charge in [0.05, 0.1) is 17.5 Å². The number of benzene rings is 2. The monoisotopic (exact) mass is 565 g/mol. The van der Waals surface area contributed by atoms with Gasteiger partial charge in [0.25, 0.3) is 0 Å². The predicted molar refractivity (Wildman–Crippen MR) is 150 cm³/mol. The van der Waals surface area contributed by atoms with Crippen LogP contribution >= 0.6 is 0 Å². The first-order chi connectivity index (χ1) is 18.7. The Bertz CT molecular complexity index is 1530. The van der Waals surface area contributed by atoms with Crippen LogP contribution in [0.15, 0.2) is 78.3 Å². The zero-order valence-electron chi connectivity index (χ0n) is 22.8. The Balaban J connectivity index is 1.73. The Morgan fingerprint density at radius 1 is 1.02 bits per heavy atom. The molecule has 8 nitrogen and oxygen atoms in total. The second-order valence-electron chi connectivity index (χ2n) is 10.6. The topological polar surface area (TPSA) is 108 Å². The molecule has 40 heavy (non-hydrogen) atoms. The lowest BCUT2D eigenvalue weighted by molar-refractivity contribution is -0.143. The number of carbonyl (C=O) groups is 2. The van der Waals surface area contributed by atoms with Crippen LogP contribution < -0.4 is 0 Å². The Labute approximate surface area is 233 Å². The number of nitrogens with zero attached hydrogens (tertiary/aromatic N) is 3. The van der Waals surface area contributed by atoms with Gasteiger partial charge < -0.3 is 14.9 Å². The van der Waals surface area contributed by atoms with Crippen LogP contribution in [-0.4, -0.2) is 66.0 Å². The van der Waals surface area contributed by atoms with Gasteiger partial charge in [0, 0.05) is 32.2 Å². The molecule has 0 fully saturated rings. The normalized spacial score (nSPS) is 16.9. The fraction of sp³-hybridized carbons (Fsp3) is 0.300. The highest BCUT2D eigenvalue weighted by Gasteiger charge is 2.38. The summed E-state index contributed by atoms with van der Waals surface area (Å²) >= 11 is 0. The SMILES string of the molecule is CN(C)C(=O)C(C(=O)N(Cc1ccnc(C(C)(C)O)c1)C1C=CS(=O)(=O)C1)c1ccc(-c2ccc(F)cc2)cc1. The van der Waals surface area contributed by atoms with Gasteiger partial charge >= 0.3 is 0 Å². The van der Waals surface area contributed by atoms with E-state index in [-0.39, 0.29) is 18.1 Å². The first kappa shape index (κ1) is 29.1. The number of halogens is 1. The van der Waals surface area contributed by atoms with Crippen molar-refractivity contribution in [2.24, 2.45) is 0 Å². The second-order valence-corrected chi connectivity index (χ2v) is 12.5. The molecule has 0 radical (unpaired) electrons. The van der Waals surface area contributed by atoms with Crippen molar-refractivity contribution in [1.82, 2.24) is 14.8 Å². The highest BCUT2D eigenvalue weighted by atomic mass is 32.2. The summed E-state index contributed by atoms with van der Waals surface area (Å²) in [6.45, 7) is 3.19. The van der Waals surface area contributed by atoms with Gasteiger partial charge in [-0.25, -0.2) is 12.8 Å². The highest BCUT2D eigenvalue weighted by molar-refractivity contribution is 7.94. The molecule has 1 aliphatic rings. The maximum absolute atomic E-state index is 14.2. The molecule has 2 heterocycles. The Kier molecular flexibility index (Phi) is 8.23. The summed E-state index contributed by atoms with van der Waals surface area (Å²) in [4.78, 5) is 34.6. The third-order valence-electron chi connectivity index (χ3n) is 6.75. The van der Waals surface area contributed by atoms with E-state index in [1.165, 1.54) is 34.2 Å². The smallest absolute Gasteiger partial charge is 0.240 e. The molecule has 1 N–H and O–H groups in total. The molecule has 1 aromatic heterocycles. The molecular formula is C30H32FN3O5S. The van der Waals surface area contributed by atoms with Crippen LogP contribution in [-0.2, 0) is 31.6 Å². The molecule has 0 saturated carbocycles. The van der Waals surface area contributed by atoms with Crippen LogP contribution in [0.4, 0.5) is 4.39 Å². The zero-order chi connectivity index (χ0) is 29.2. The Morgan fingerprint density at radius 2 is 1.62 bits per heavy atom. The molecule has 0 spiro atoms. The van der Waals surface area contributed by atoms with Crippen molar-refractivity contribution < 1.29 is 27.5 Å². The summed E-state index contributed by atoms with van der Waals surface area (Å²) in [5, 5.41) is 11.5. The van der Waals surface area contributed by atoms with E-state index >= 15 is 0 Å². The van der Waals surface area contributed by atoms with Crippen LogP contribution in [0.1, 0.15) is 36.6 Å². The summed E-state index contributed by atoms with van der Waals surface area (Å²) < 4.78 is 38.0. The number of aromatic nitrogens is 1. The van der Waals surface area contributed by atoms with E-state index in [0.717, 1.165) is 16.5 Å². The van der Waals surface area contributed by atoms with Crippen molar-refractivity contribution in [3.8, 4) is 11.1 Å². The number of likely N-dealkylation sites (N-methyl/N-ethyl adjacent to an activating group) is 1. The van der Waals surface area contributed by atoms with Crippen molar-refractivity contribution in [2.75, 3.05) is 19.8 Å². The van der Waals surface area contributed by atoms with Crippen molar-refractivity contribution in [3.63, 3.8) is 0 Å². The van der Waals surface area contributed by atoms with E-state index in [1.54, 1.807) is 76.5 Å². The van der Waals surface area contributed by atoms with E-state index in [9.17, 15) is 27.5 Å². The summed E-state index contributed by atoms with van der Waals surface area (Å²) in [6, 6.07) is 15.4. The number of pyridine rings is 1. The van der Waals surface area contributed by atoms with Crippen LogP contribution in [0.25, 0.3) is 11.1 Å². The molecule has 2 atom stereocenters. The largest absolute Gasteiger partial charge is 0.384 e. The third-order valence-corrected chi connectivity index (χ3v) is 8.13. The number of hydrogen-bond acceptors (Lipinski definition) is 6. The number of amides is 2. The van der Waals surface area contributed by atoms with Gasteiger partial charge in [0.1, 0.15) is 17.3 Å². The zero-order valence-corrected chi connectivity index (χ0v) is 23.6. The second kappa shape index (κ2) is 11.3. The molecular weight excluding hydrogens is 533 g/mol. The molecule has 1 aliphatic heterocycles. The maximum Gasteiger partial charge on any atom is 0.240 e. The number of rotatable bonds is 8. The standard InChI is InChI=1S/C30H32FN3O5S/c1-30(2,37)26-17-20(13-15-32-26)18-34(25-14-16-40(38,39)19-25)29(36)27(28(35)33(3)4)23-7-5-21(6-8-23)22-9-11-24(31)12-10-22/h5-17,25,27,37H,18-19H2,1-4H3. The minimum atomic E-state index is -3.51. The third kappa shape index (κ3) is 6.63. The van der Waals surface area contributed by atoms with Gasteiger partial charge in [-0.3, -0.25) is 14.6 Å². The van der Waals surface area contributed by atoms with E-state index in [2.05, 4.69) is 4.98 Å². The van der Waals surface area contributed by atoms with Crippen molar-refractivity contribution in [1.29, 1.82) is 0 Å². The molecule has 0 aliphatic carbocycles. The molecule has 2 aromatic carbocycles. The van der Waals surface area contributed by atoms with Crippen molar-refractivity contribution in [3.05, 3.63) is 101 Å². The lowest BCUT2D eigenvalue weighted by Gasteiger charge is -2.32. The molecule has 10 heteroatoms. The first-order valence-corrected chi connectivity index (χ1v) is 14.4. The van der Waals surface area contributed by atoms with E-state index < -0.39 is 39.2 Å². The van der Waals surface area contributed by atoms with E-state index in [0.29, 0.717) is 16.8 Å². The van der Waals surface area contributed by atoms with Gasteiger partial charge in [-0.15, -0.1) is 0 Å². The number of aliphatic hydroxyl groups is 1. The van der Waals surface area contributed by atoms with Gasteiger partial charge in [0.2, 0.25) is 11.8 Å². The quantitative estimate of drug-likeness (QED) is 0.418. The van der Waals surface area contributed by atoms with Crippen LogP contribution in [0.2, 0.25) is 0 Å². The van der Waals surface area contributed by atoms with E-state index in [4.69, 9.17) is 0 Å². The highest BCUT2D eigenvalue weighted by Crippen LogP contribution is 2.29. The van der Waals surface area contributed by atoms with Gasteiger partial charge in [-0.2, -0.15) is 0 Å². The van der Waals surface area contributed by atoms with Crippen molar-refractivity contribution >= 4 is 21.7 Å². The maximum atomic E-state index is 14.2. The lowest BCUT2D eigenvalue weighted by atomic mass is 9.93. The molecule has 2 unspecified atom stereocenters. The molecule has 3 aromatic rings. The fourth-order valence-electron chi connectivity index (χ4n) is 4.54. The molecule has 210 valence electrons. The molecule has 2 amide bonds. The van der Waals surface area contributed by atoms with Crippen LogP contribution in [0, 0.1) is 5.82 Å². The minimum Gasteiger partial charge on any atom is -0.384 e. The summed E-state index contributed by atoms with van der Waals surface area (Å²) in [6.07, 6.45) is 2.98. The van der Waals surface area contributed by atoms with Crippen LogP contribution in [0.5, 0.6) is 0 Å². The minimum absolute atomic E-state index is 0.000167. The van der Waals surface area contributed by atoms with Gasteiger partial charge in [-0.05, 0) is 66.4 Å².